The molecule has 0 aliphatic rings. The molecular weight excluding hydrogens is 282 g/mol. The number of benzene rings is 1. The predicted octanol–water partition coefficient (Wildman–Crippen LogP) is 2.73. The van der Waals surface area contributed by atoms with Crippen molar-refractivity contribution in [2.75, 3.05) is 13.2 Å². The standard InChI is InChI=1S/C17H25NO4/c1-17(2,3)13-6-8-14(9-7-13)22-12-4-5-15(19)18-11-10-16(20)21/h6-9H,4-5,10-12H2,1-3H3,(H,18,19)(H,20,21). The highest BCUT2D eigenvalue weighted by molar-refractivity contribution is 5.76. The minimum Gasteiger partial charge on any atom is -0.494 e. The molecule has 2 N–H and O–H groups in total. The van der Waals surface area contributed by atoms with Gasteiger partial charge in [-0.15, -0.1) is 0 Å². The summed E-state index contributed by atoms with van der Waals surface area (Å²) in [5.74, 6) is -0.269. The molecule has 0 aliphatic heterocycles. The SMILES string of the molecule is CC(C)(C)c1ccc(OCCCC(=O)NCCC(=O)O)cc1. The van der Waals surface area contributed by atoms with Crippen LogP contribution >= 0.6 is 0 Å². The number of ether oxygens (including phenoxy) is 1. The number of aliphatic carboxylic acids is 1. The number of carbonyl (C=O) groups is 2. The summed E-state index contributed by atoms with van der Waals surface area (Å²) in [6, 6.07) is 7.98. The summed E-state index contributed by atoms with van der Waals surface area (Å²) in [6.07, 6.45) is 0.877. The second-order valence-corrected chi connectivity index (χ2v) is 6.22. The van der Waals surface area contributed by atoms with Gasteiger partial charge < -0.3 is 15.2 Å². The Balaban J connectivity index is 2.22. The quantitative estimate of drug-likeness (QED) is 0.724. The zero-order chi connectivity index (χ0) is 16.6. The average molecular weight is 307 g/mol. The molecule has 5 nitrogen and oxygen atoms in total. The van der Waals surface area contributed by atoms with E-state index in [0.29, 0.717) is 19.4 Å². The molecule has 22 heavy (non-hydrogen) atoms. The van der Waals surface area contributed by atoms with Crippen molar-refractivity contribution in [3.8, 4) is 5.75 Å². The van der Waals surface area contributed by atoms with Gasteiger partial charge in [0.05, 0.1) is 13.0 Å². The van der Waals surface area contributed by atoms with Gasteiger partial charge in [-0.25, -0.2) is 0 Å². The summed E-state index contributed by atoms with van der Waals surface area (Å²) in [5.41, 5.74) is 1.37. The first-order chi connectivity index (χ1) is 10.3. The van der Waals surface area contributed by atoms with Gasteiger partial charge in [0, 0.05) is 13.0 Å². The van der Waals surface area contributed by atoms with E-state index >= 15 is 0 Å². The van der Waals surface area contributed by atoms with Crippen molar-refractivity contribution in [1.82, 2.24) is 5.32 Å². The van der Waals surface area contributed by atoms with E-state index in [4.69, 9.17) is 9.84 Å². The first-order valence-corrected chi connectivity index (χ1v) is 7.51. The Morgan fingerprint density at radius 3 is 2.32 bits per heavy atom. The molecule has 0 bridgehead atoms. The van der Waals surface area contributed by atoms with Crippen LogP contribution in [0.4, 0.5) is 0 Å². The van der Waals surface area contributed by atoms with Crippen molar-refractivity contribution in [3.63, 3.8) is 0 Å². The maximum atomic E-state index is 11.4. The zero-order valence-electron chi connectivity index (χ0n) is 13.5. The van der Waals surface area contributed by atoms with E-state index in [2.05, 4.69) is 26.1 Å². The third-order valence-electron chi connectivity index (χ3n) is 3.20. The second-order valence-electron chi connectivity index (χ2n) is 6.22. The summed E-state index contributed by atoms with van der Waals surface area (Å²) in [7, 11) is 0. The Morgan fingerprint density at radius 2 is 1.77 bits per heavy atom. The molecule has 122 valence electrons. The van der Waals surface area contributed by atoms with Gasteiger partial charge in [0.2, 0.25) is 5.91 Å². The highest BCUT2D eigenvalue weighted by atomic mass is 16.5. The molecule has 0 aromatic heterocycles. The molecule has 0 aliphatic carbocycles. The van der Waals surface area contributed by atoms with Crippen LogP contribution in [0.2, 0.25) is 0 Å². The fourth-order valence-electron chi connectivity index (χ4n) is 1.87. The van der Waals surface area contributed by atoms with Crippen LogP contribution in [0.15, 0.2) is 24.3 Å². The maximum Gasteiger partial charge on any atom is 0.305 e. The minimum atomic E-state index is -0.915. The lowest BCUT2D eigenvalue weighted by atomic mass is 9.87. The Kier molecular flexibility index (Phi) is 6.89. The first-order valence-electron chi connectivity index (χ1n) is 7.51. The van der Waals surface area contributed by atoms with Gasteiger partial charge in [-0.05, 0) is 29.5 Å². The molecule has 1 amide bonds. The molecule has 0 spiro atoms. The molecule has 0 heterocycles. The molecule has 0 atom stereocenters. The van der Waals surface area contributed by atoms with E-state index < -0.39 is 5.97 Å². The van der Waals surface area contributed by atoms with Crippen molar-refractivity contribution in [2.45, 2.75) is 45.4 Å². The van der Waals surface area contributed by atoms with Crippen LogP contribution < -0.4 is 10.1 Å². The number of rotatable bonds is 8. The number of amides is 1. The maximum absolute atomic E-state index is 11.4. The third kappa shape index (κ3) is 7.11. The largest absolute Gasteiger partial charge is 0.494 e. The van der Waals surface area contributed by atoms with Crippen molar-refractivity contribution in [1.29, 1.82) is 0 Å². The molecular formula is C17H25NO4. The van der Waals surface area contributed by atoms with Gasteiger partial charge in [0.15, 0.2) is 0 Å². The Labute approximate surface area is 131 Å². The topological polar surface area (TPSA) is 75.6 Å². The normalized spacial score (nSPS) is 11.0. The molecule has 1 aromatic rings. The number of carbonyl (C=O) groups excluding carboxylic acids is 1. The van der Waals surface area contributed by atoms with E-state index in [0.717, 1.165) is 5.75 Å². The third-order valence-corrected chi connectivity index (χ3v) is 3.20. The molecule has 5 heteroatoms. The highest BCUT2D eigenvalue weighted by Crippen LogP contribution is 2.24. The molecule has 0 saturated carbocycles. The lowest BCUT2D eigenvalue weighted by molar-refractivity contribution is -0.136. The van der Waals surface area contributed by atoms with Gasteiger partial charge in [0.1, 0.15) is 5.75 Å². The van der Waals surface area contributed by atoms with Crippen LogP contribution in [0.25, 0.3) is 0 Å². The number of carboxylic acid groups (broad SMARTS) is 1. The lowest BCUT2D eigenvalue weighted by Gasteiger charge is -2.19. The van der Waals surface area contributed by atoms with E-state index in [1.807, 2.05) is 24.3 Å². The smallest absolute Gasteiger partial charge is 0.305 e. The van der Waals surface area contributed by atoms with Crippen LogP contribution in [-0.4, -0.2) is 30.1 Å². The Morgan fingerprint density at radius 1 is 1.14 bits per heavy atom. The fourth-order valence-corrected chi connectivity index (χ4v) is 1.87. The van der Waals surface area contributed by atoms with Crippen molar-refractivity contribution in [3.05, 3.63) is 29.8 Å². The number of carboxylic acids is 1. The van der Waals surface area contributed by atoms with Crippen LogP contribution in [0.1, 0.15) is 45.6 Å². The number of hydrogen-bond donors (Lipinski definition) is 2. The Hall–Kier alpha value is -2.04. The fraction of sp³-hybridized carbons (Fsp3) is 0.529. The van der Waals surface area contributed by atoms with Gasteiger partial charge in [-0.2, -0.15) is 0 Å². The van der Waals surface area contributed by atoms with E-state index in [9.17, 15) is 9.59 Å². The van der Waals surface area contributed by atoms with Crippen molar-refractivity contribution < 1.29 is 19.4 Å². The number of nitrogens with one attached hydrogen (secondary N) is 1. The monoisotopic (exact) mass is 307 g/mol. The molecule has 0 fully saturated rings. The predicted molar refractivity (Wildman–Crippen MR) is 85.1 cm³/mol. The van der Waals surface area contributed by atoms with E-state index in [1.54, 1.807) is 0 Å². The average Bonchev–Trinajstić information content (AvgIpc) is 2.43. The zero-order valence-corrected chi connectivity index (χ0v) is 13.5. The van der Waals surface area contributed by atoms with E-state index in [1.165, 1.54) is 5.56 Å². The first kappa shape index (κ1) is 18.0. The van der Waals surface area contributed by atoms with Gasteiger partial charge in [-0.1, -0.05) is 32.9 Å². The van der Waals surface area contributed by atoms with Crippen LogP contribution in [-0.2, 0) is 15.0 Å². The van der Waals surface area contributed by atoms with Crippen LogP contribution in [0.3, 0.4) is 0 Å². The van der Waals surface area contributed by atoms with Gasteiger partial charge in [-0.3, -0.25) is 9.59 Å². The van der Waals surface area contributed by atoms with Crippen molar-refractivity contribution >= 4 is 11.9 Å². The van der Waals surface area contributed by atoms with Crippen molar-refractivity contribution in [2.24, 2.45) is 0 Å². The van der Waals surface area contributed by atoms with Gasteiger partial charge in [0.25, 0.3) is 0 Å². The summed E-state index contributed by atoms with van der Waals surface area (Å²) in [4.78, 5) is 21.7. The van der Waals surface area contributed by atoms with Crippen LogP contribution in [0, 0.1) is 0 Å². The van der Waals surface area contributed by atoms with E-state index in [-0.39, 0.29) is 24.3 Å². The molecule has 1 aromatic carbocycles. The summed E-state index contributed by atoms with van der Waals surface area (Å²) < 4.78 is 5.59. The molecule has 1 rings (SSSR count). The molecule has 0 radical (unpaired) electrons. The van der Waals surface area contributed by atoms with Crippen LogP contribution in [0.5, 0.6) is 5.75 Å². The Bertz CT molecular complexity index is 488. The second kappa shape index (κ2) is 8.41. The number of hydrogen-bond acceptors (Lipinski definition) is 3. The van der Waals surface area contributed by atoms with Gasteiger partial charge >= 0.3 is 5.97 Å². The highest BCUT2D eigenvalue weighted by Gasteiger charge is 2.12. The summed E-state index contributed by atoms with van der Waals surface area (Å²) in [6.45, 7) is 7.11. The summed E-state index contributed by atoms with van der Waals surface area (Å²) >= 11 is 0. The molecule has 0 unspecified atom stereocenters. The lowest BCUT2D eigenvalue weighted by Crippen LogP contribution is -2.26. The molecule has 0 saturated heterocycles. The summed E-state index contributed by atoms with van der Waals surface area (Å²) in [5, 5.41) is 11.0. The minimum absolute atomic E-state index is 0.0532.